The van der Waals surface area contributed by atoms with Crippen LogP contribution in [-0.2, 0) is 16.1 Å². The topological polar surface area (TPSA) is 56.8 Å². The van der Waals surface area contributed by atoms with Gasteiger partial charge in [-0.3, -0.25) is 4.79 Å². The van der Waals surface area contributed by atoms with E-state index in [4.69, 9.17) is 14.2 Å². The molecule has 1 aliphatic heterocycles. The maximum absolute atomic E-state index is 11.9. The van der Waals surface area contributed by atoms with Gasteiger partial charge in [0.15, 0.2) is 11.5 Å². The highest BCUT2D eigenvalue weighted by atomic mass is 16.7. The van der Waals surface area contributed by atoms with Gasteiger partial charge in [-0.2, -0.15) is 0 Å². The van der Waals surface area contributed by atoms with E-state index in [-0.39, 0.29) is 19.3 Å². The molecule has 2 aromatic carbocycles. The van der Waals surface area contributed by atoms with Gasteiger partial charge in [0.05, 0.1) is 6.61 Å². The van der Waals surface area contributed by atoms with Crippen LogP contribution in [0.15, 0.2) is 36.4 Å². The van der Waals surface area contributed by atoms with Gasteiger partial charge in [0, 0.05) is 11.8 Å². The molecule has 23 heavy (non-hydrogen) atoms. The number of rotatable bonds is 5. The Balaban J connectivity index is 1.50. The molecule has 5 heteroatoms. The number of hydrogen-bond acceptors (Lipinski definition) is 4. The molecule has 0 fully saturated rings. The van der Waals surface area contributed by atoms with Crippen LogP contribution in [0.3, 0.4) is 0 Å². The van der Waals surface area contributed by atoms with Crippen LogP contribution in [0.4, 0.5) is 5.69 Å². The zero-order chi connectivity index (χ0) is 16.2. The van der Waals surface area contributed by atoms with Gasteiger partial charge >= 0.3 is 0 Å². The number of hydrogen-bond donors (Lipinski definition) is 1. The van der Waals surface area contributed by atoms with Crippen LogP contribution in [0, 0.1) is 13.8 Å². The van der Waals surface area contributed by atoms with Gasteiger partial charge in [0.25, 0.3) is 0 Å². The molecule has 5 nitrogen and oxygen atoms in total. The number of ether oxygens (including phenoxy) is 3. The minimum absolute atomic E-state index is 0.00174. The maximum Gasteiger partial charge on any atom is 0.250 e. The zero-order valence-corrected chi connectivity index (χ0v) is 13.2. The summed E-state index contributed by atoms with van der Waals surface area (Å²) >= 11 is 0. The van der Waals surface area contributed by atoms with E-state index in [0.717, 1.165) is 5.56 Å². The van der Waals surface area contributed by atoms with Crippen molar-refractivity contribution in [2.75, 3.05) is 18.7 Å². The van der Waals surface area contributed by atoms with Crippen molar-refractivity contribution in [2.24, 2.45) is 0 Å². The van der Waals surface area contributed by atoms with E-state index in [2.05, 4.69) is 18.3 Å². The lowest BCUT2D eigenvalue weighted by Crippen LogP contribution is -2.18. The van der Waals surface area contributed by atoms with Crippen LogP contribution in [-0.4, -0.2) is 19.3 Å². The first-order valence-corrected chi connectivity index (χ1v) is 7.45. The Kier molecular flexibility index (Phi) is 4.48. The smallest absolute Gasteiger partial charge is 0.250 e. The van der Waals surface area contributed by atoms with Gasteiger partial charge in [0.1, 0.15) is 6.61 Å². The summed E-state index contributed by atoms with van der Waals surface area (Å²) < 4.78 is 16.0. The molecule has 0 radical (unpaired) electrons. The SMILES string of the molecule is Cc1ccc(COCC(=O)Nc2ccc3c(c2)OCO3)c(C)c1. The van der Waals surface area contributed by atoms with Crippen molar-refractivity contribution in [3.05, 3.63) is 53.1 Å². The first-order valence-electron chi connectivity index (χ1n) is 7.45. The van der Waals surface area contributed by atoms with E-state index in [1.807, 2.05) is 19.1 Å². The van der Waals surface area contributed by atoms with E-state index >= 15 is 0 Å². The number of amides is 1. The predicted octanol–water partition coefficient (Wildman–Crippen LogP) is 3.19. The number of carbonyl (C=O) groups is 1. The standard InChI is InChI=1S/C18H19NO4/c1-12-3-4-14(13(2)7-12)9-21-10-18(20)19-15-5-6-16-17(8-15)23-11-22-16/h3-8H,9-11H2,1-2H3,(H,19,20). The van der Waals surface area contributed by atoms with Crippen molar-refractivity contribution < 1.29 is 19.0 Å². The molecule has 1 heterocycles. The van der Waals surface area contributed by atoms with Crippen molar-refractivity contribution in [2.45, 2.75) is 20.5 Å². The third-order valence-electron chi connectivity index (χ3n) is 3.65. The molecule has 1 N–H and O–H groups in total. The fourth-order valence-corrected chi connectivity index (χ4v) is 2.43. The van der Waals surface area contributed by atoms with E-state index in [1.165, 1.54) is 11.1 Å². The van der Waals surface area contributed by atoms with Crippen LogP contribution < -0.4 is 14.8 Å². The summed E-state index contributed by atoms with van der Waals surface area (Å²) in [6.45, 7) is 4.73. The summed E-state index contributed by atoms with van der Waals surface area (Å²) in [7, 11) is 0. The van der Waals surface area contributed by atoms with Gasteiger partial charge in [-0.1, -0.05) is 23.8 Å². The van der Waals surface area contributed by atoms with Gasteiger partial charge in [-0.05, 0) is 37.1 Å². The van der Waals surface area contributed by atoms with Crippen molar-refractivity contribution in [1.29, 1.82) is 0 Å². The monoisotopic (exact) mass is 313 g/mol. The minimum Gasteiger partial charge on any atom is -0.454 e. The molecule has 0 aromatic heterocycles. The summed E-state index contributed by atoms with van der Waals surface area (Å²) in [6, 6.07) is 11.5. The van der Waals surface area contributed by atoms with E-state index < -0.39 is 0 Å². The fourth-order valence-electron chi connectivity index (χ4n) is 2.43. The lowest BCUT2D eigenvalue weighted by Gasteiger charge is -2.09. The molecule has 0 saturated carbocycles. The lowest BCUT2D eigenvalue weighted by atomic mass is 10.1. The Morgan fingerprint density at radius 1 is 1.13 bits per heavy atom. The summed E-state index contributed by atoms with van der Waals surface area (Å²) in [5, 5.41) is 2.78. The van der Waals surface area contributed by atoms with E-state index in [1.54, 1.807) is 18.2 Å². The third kappa shape index (κ3) is 3.81. The molecule has 3 rings (SSSR count). The number of nitrogens with one attached hydrogen (secondary N) is 1. The molecule has 1 amide bonds. The Hall–Kier alpha value is -2.53. The molecular formula is C18H19NO4. The molecule has 1 aliphatic rings. The highest BCUT2D eigenvalue weighted by Crippen LogP contribution is 2.34. The highest BCUT2D eigenvalue weighted by molar-refractivity contribution is 5.92. The molecule has 2 aromatic rings. The minimum atomic E-state index is -0.200. The molecule has 0 bridgehead atoms. The van der Waals surface area contributed by atoms with Crippen molar-refractivity contribution in [3.8, 4) is 11.5 Å². The van der Waals surface area contributed by atoms with E-state index in [9.17, 15) is 4.79 Å². The summed E-state index contributed by atoms with van der Waals surface area (Å²) in [5.41, 5.74) is 4.13. The van der Waals surface area contributed by atoms with Crippen LogP contribution in [0.1, 0.15) is 16.7 Å². The van der Waals surface area contributed by atoms with Crippen LogP contribution in [0.25, 0.3) is 0 Å². The maximum atomic E-state index is 11.9. The van der Waals surface area contributed by atoms with E-state index in [0.29, 0.717) is 23.8 Å². The average molecular weight is 313 g/mol. The molecule has 0 spiro atoms. The van der Waals surface area contributed by atoms with Gasteiger partial charge in [0.2, 0.25) is 12.7 Å². The number of anilines is 1. The Labute approximate surface area is 135 Å². The number of benzene rings is 2. The molecule has 0 aliphatic carbocycles. The van der Waals surface area contributed by atoms with Crippen molar-refractivity contribution in [1.82, 2.24) is 0 Å². The molecule has 0 saturated heterocycles. The zero-order valence-electron chi connectivity index (χ0n) is 13.2. The summed E-state index contributed by atoms with van der Waals surface area (Å²) in [4.78, 5) is 11.9. The quantitative estimate of drug-likeness (QED) is 0.921. The van der Waals surface area contributed by atoms with Gasteiger partial charge < -0.3 is 19.5 Å². The number of aryl methyl sites for hydroxylation is 2. The average Bonchev–Trinajstić information content (AvgIpc) is 2.97. The first kappa shape index (κ1) is 15.4. The molecule has 120 valence electrons. The second-order valence-corrected chi connectivity index (χ2v) is 5.54. The van der Waals surface area contributed by atoms with Crippen molar-refractivity contribution in [3.63, 3.8) is 0 Å². The lowest BCUT2D eigenvalue weighted by molar-refractivity contribution is -0.121. The summed E-state index contributed by atoms with van der Waals surface area (Å²) in [5.74, 6) is 1.13. The second kappa shape index (κ2) is 6.71. The molecular weight excluding hydrogens is 294 g/mol. The highest BCUT2D eigenvalue weighted by Gasteiger charge is 2.14. The predicted molar refractivity (Wildman–Crippen MR) is 86.8 cm³/mol. The van der Waals surface area contributed by atoms with Crippen LogP contribution >= 0.6 is 0 Å². The Morgan fingerprint density at radius 2 is 1.96 bits per heavy atom. The fraction of sp³-hybridized carbons (Fsp3) is 0.278. The van der Waals surface area contributed by atoms with Crippen LogP contribution in [0.5, 0.6) is 11.5 Å². The largest absolute Gasteiger partial charge is 0.454 e. The third-order valence-corrected chi connectivity index (χ3v) is 3.65. The number of fused-ring (bicyclic) bond motifs is 1. The van der Waals surface area contributed by atoms with Gasteiger partial charge in [-0.15, -0.1) is 0 Å². The summed E-state index contributed by atoms with van der Waals surface area (Å²) in [6.07, 6.45) is 0. The molecule has 0 unspecified atom stereocenters. The second-order valence-electron chi connectivity index (χ2n) is 5.54. The van der Waals surface area contributed by atoms with Crippen LogP contribution in [0.2, 0.25) is 0 Å². The normalized spacial score (nSPS) is 12.3. The Bertz CT molecular complexity index is 727. The molecule has 0 atom stereocenters. The van der Waals surface area contributed by atoms with Gasteiger partial charge in [-0.25, -0.2) is 0 Å². The number of carbonyl (C=O) groups excluding carboxylic acids is 1. The first-order chi connectivity index (χ1) is 11.1. The van der Waals surface area contributed by atoms with Crippen molar-refractivity contribution >= 4 is 11.6 Å². The Morgan fingerprint density at radius 3 is 2.78 bits per heavy atom.